The van der Waals surface area contributed by atoms with Gasteiger partial charge in [-0.25, -0.2) is 0 Å². The lowest BCUT2D eigenvalue weighted by atomic mass is 9.62. The molecule has 0 saturated heterocycles. The number of alkyl halides is 3. The maximum Gasteiger partial charge on any atom is 0.395 e. The summed E-state index contributed by atoms with van der Waals surface area (Å²) < 4.78 is 45.5. The van der Waals surface area contributed by atoms with Crippen LogP contribution < -0.4 is 0 Å². The smallest absolute Gasteiger partial charge is 0.379 e. The molecule has 0 aromatic heterocycles. The Morgan fingerprint density at radius 2 is 1.79 bits per heavy atom. The number of rotatable bonds is 7. The van der Waals surface area contributed by atoms with Gasteiger partial charge < -0.3 is 9.64 Å². The molecule has 5 heteroatoms. The molecule has 0 aromatic carbocycles. The molecule has 0 bridgehead atoms. The minimum Gasteiger partial charge on any atom is -0.379 e. The predicted octanol–water partition coefficient (Wildman–Crippen LogP) is 3.85. The molecule has 0 radical (unpaired) electrons. The van der Waals surface area contributed by atoms with Gasteiger partial charge in [0, 0.05) is 12.6 Å². The van der Waals surface area contributed by atoms with Crippen molar-refractivity contribution < 1.29 is 17.9 Å². The highest BCUT2D eigenvalue weighted by Gasteiger charge is 2.62. The lowest BCUT2D eigenvalue weighted by Crippen LogP contribution is -2.57. The summed E-state index contributed by atoms with van der Waals surface area (Å²) in [6, 6.07) is -0.433. The zero-order valence-corrected chi connectivity index (χ0v) is 12.4. The number of ether oxygens (including phenoxy) is 1. The van der Waals surface area contributed by atoms with Gasteiger partial charge in [-0.3, -0.25) is 0 Å². The van der Waals surface area contributed by atoms with Gasteiger partial charge in [-0.05, 0) is 53.6 Å². The molecule has 0 aromatic rings. The van der Waals surface area contributed by atoms with Gasteiger partial charge in [0.1, 0.15) is 0 Å². The van der Waals surface area contributed by atoms with Crippen LogP contribution in [-0.4, -0.2) is 43.9 Å². The van der Waals surface area contributed by atoms with Crippen LogP contribution in [0, 0.1) is 5.41 Å². The largest absolute Gasteiger partial charge is 0.395 e. The van der Waals surface area contributed by atoms with E-state index in [0.29, 0.717) is 25.9 Å². The molecule has 1 fully saturated rings. The fraction of sp³-hybridized carbons (Fsp3) is 1.00. The summed E-state index contributed by atoms with van der Waals surface area (Å²) >= 11 is 0. The minimum absolute atomic E-state index is 0.137. The van der Waals surface area contributed by atoms with Crippen LogP contribution in [0.4, 0.5) is 13.2 Å². The molecule has 0 N–H and O–H groups in total. The molecular weight excluding hydrogens is 255 g/mol. The Bertz CT molecular complexity index is 272. The van der Waals surface area contributed by atoms with E-state index in [1.807, 2.05) is 13.8 Å². The second-order valence-electron chi connectivity index (χ2n) is 6.05. The van der Waals surface area contributed by atoms with Gasteiger partial charge in [-0.1, -0.05) is 6.42 Å². The van der Waals surface area contributed by atoms with Gasteiger partial charge >= 0.3 is 6.18 Å². The maximum atomic E-state index is 13.3. The molecule has 1 saturated carbocycles. The van der Waals surface area contributed by atoms with E-state index < -0.39 is 17.6 Å². The minimum atomic E-state index is -4.10. The molecule has 19 heavy (non-hydrogen) atoms. The van der Waals surface area contributed by atoms with E-state index in [0.717, 1.165) is 0 Å². The van der Waals surface area contributed by atoms with Crippen molar-refractivity contribution in [1.29, 1.82) is 0 Å². The molecule has 0 heterocycles. The van der Waals surface area contributed by atoms with E-state index in [-0.39, 0.29) is 18.9 Å². The molecule has 1 atom stereocenters. The van der Waals surface area contributed by atoms with Gasteiger partial charge in [0.25, 0.3) is 0 Å². The first-order chi connectivity index (χ1) is 8.71. The Balaban J connectivity index is 2.61. The van der Waals surface area contributed by atoms with Crippen LogP contribution in [0.5, 0.6) is 0 Å². The number of hydrogen-bond acceptors (Lipinski definition) is 2. The number of nitrogens with zero attached hydrogens (tertiary/aromatic N) is 1. The second kappa shape index (κ2) is 6.44. The third kappa shape index (κ3) is 3.85. The highest BCUT2D eigenvalue weighted by atomic mass is 19.4. The third-order valence-electron chi connectivity index (χ3n) is 4.14. The highest BCUT2D eigenvalue weighted by Crippen LogP contribution is 2.57. The van der Waals surface area contributed by atoms with Crippen molar-refractivity contribution in [2.45, 2.75) is 64.3 Å². The van der Waals surface area contributed by atoms with Crippen molar-refractivity contribution in [2.75, 3.05) is 20.7 Å². The predicted molar refractivity (Wildman–Crippen MR) is 70.1 cm³/mol. The van der Waals surface area contributed by atoms with Crippen molar-refractivity contribution >= 4 is 0 Å². The Labute approximate surface area is 114 Å². The third-order valence-corrected chi connectivity index (χ3v) is 4.14. The van der Waals surface area contributed by atoms with E-state index in [2.05, 4.69) is 0 Å². The van der Waals surface area contributed by atoms with Gasteiger partial charge in [-0.2, -0.15) is 13.2 Å². The SMILES string of the molecule is CC(C)OCCCC(N(C)C)C1(C(F)(F)F)CCC1. The van der Waals surface area contributed by atoms with Gasteiger partial charge in [0.05, 0.1) is 11.5 Å². The monoisotopic (exact) mass is 281 g/mol. The standard InChI is InChI=1S/C14H26F3NO/c1-11(2)19-10-5-7-12(18(3)4)13(8-6-9-13)14(15,16)17/h11-12H,5-10H2,1-4H3. The van der Waals surface area contributed by atoms with Crippen molar-refractivity contribution in [3.63, 3.8) is 0 Å². The maximum absolute atomic E-state index is 13.3. The Morgan fingerprint density at radius 1 is 1.21 bits per heavy atom. The number of halogens is 3. The molecule has 0 aliphatic heterocycles. The van der Waals surface area contributed by atoms with E-state index in [9.17, 15) is 13.2 Å². The van der Waals surface area contributed by atoms with E-state index in [1.165, 1.54) is 0 Å². The Kier molecular flexibility index (Phi) is 5.68. The van der Waals surface area contributed by atoms with E-state index >= 15 is 0 Å². The van der Waals surface area contributed by atoms with Gasteiger partial charge in [0.15, 0.2) is 0 Å². The molecule has 1 aliphatic carbocycles. The molecule has 1 rings (SSSR count). The van der Waals surface area contributed by atoms with Crippen LogP contribution in [0.25, 0.3) is 0 Å². The zero-order valence-electron chi connectivity index (χ0n) is 12.4. The molecule has 0 amide bonds. The van der Waals surface area contributed by atoms with Crippen LogP contribution in [0.1, 0.15) is 46.0 Å². The lowest BCUT2D eigenvalue weighted by molar-refractivity contribution is -0.271. The summed E-state index contributed by atoms with van der Waals surface area (Å²) in [5.41, 5.74) is -1.49. The molecule has 2 nitrogen and oxygen atoms in total. The fourth-order valence-electron chi connectivity index (χ4n) is 2.99. The van der Waals surface area contributed by atoms with Crippen LogP contribution in [0.3, 0.4) is 0 Å². The van der Waals surface area contributed by atoms with Crippen LogP contribution in [-0.2, 0) is 4.74 Å². The summed E-state index contributed by atoms with van der Waals surface area (Å²) in [5.74, 6) is 0. The molecule has 1 unspecified atom stereocenters. The molecule has 114 valence electrons. The summed E-state index contributed by atoms with van der Waals surface area (Å²) in [6.45, 7) is 4.41. The Morgan fingerprint density at radius 3 is 2.11 bits per heavy atom. The van der Waals surface area contributed by atoms with E-state index in [4.69, 9.17) is 4.74 Å². The normalized spacial score (nSPS) is 20.7. The van der Waals surface area contributed by atoms with Gasteiger partial charge in [0.2, 0.25) is 0 Å². The first-order valence-electron chi connectivity index (χ1n) is 7.05. The quantitative estimate of drug-likeness (QED) is 0.657. The van der Waals surface area contributed by atoms with Crippen molar-refractivity contribution in [2.24, 2.45) is 5.41 Å². The van der Waals surface area contributed by atoms with E-state index in [1.54, 1.807) is 19.0 Å². The lowest BCUT2D eigenvalue weighted by Gasteiger charge is -2.51. The Hall–Kier alpha value is -0.290. The summed E-state index contributed by atoms with van der Waals surface area (Å²) in [6.07, 6.45) is -1.52. The summed E-state index contributed by atoms with van der Waals surface area (Å²) in [5, 5.41) is 0. The topological polar surface area (TPSA) is 12.5 Å². The van der Waals surface area contributed by atoms with Crippen molar-refractivity contribution in [3.8, 4) is 0 Å². The molecular formula is C14H26F3NO. The summed E-state index contributed by atoms with van der Waals surface area (Å²) in [4.78, 5) is 1.74. The van der Waals surface area contributed by atoms with Crippen molar-refractivity contribution in [1.82, 2.24) is 4.90 Å². The fourth-order valence-corrected chi connectivity index (χ4v) is 2.99. The highest BCUT2D eigenvalue weighted by molar-refractivity contribution is 5.02. The van der Waals surface area contributed by atoms with Crippen LogP contribution >= 0.6 is 0 Å². The first-order valence-corrected chi connectivity index (χ1v) is 7.05. The molecule has 1 aliphatic rings. The number of hydrogen-bond donors (Lipinski definition) is 0. The zero-order chi connectivity index (χ0) is 14.7. The van der Waals surface area contributed by atoms with Crippen LogP contribution in [0.15, 0.2) is 0 Å². The van der Waals surface area contributed by atoms with Gasteiger partial charge in [-0.15, -0.1) is 0 Å². The molecule has 0 spiro atoms. The summed E-state index contributed by atoms with van der Waals surface area (Å²) in [7, 11) is 3.50. The van der Waals surface area contributed by atoms with Crippen LogP contribution in [0.2, 0.25) is 0 Å². The van der Waals surface area contributed by atoms with Crippen molar-refractivity contribution in [3.05, 3.63) is 0 Å². The average Bonchev–Trinajstić information content (AvgIpc) is 2.16. The average molecular weight is 281 g/mol. The second-order valence-corrected chi connectivity index (χ2v) is 6.05. The first kappa shape index (κ1) is 16.8.